The molecule has 0 amide bonds. The average Bonchev–Trinajstić information content (AvgIpc) is 3.19. The second-order valence-electron chi connectivity index (χ2n) is 4.91. The van der Waals surface area contributed by atoms with Crippen molar-refractivity contribution in [2.24, 2.45) is 0 Å². The van der Waals surface area contributed by atoms with Gasteiger partial charge in [-0.25, -0.2) is 4.98 Å². The maximum Gasteiger partial charge on any atom is 0.107 e. The zero-order chi connectivity index (χ0) is 13.1. The summed E-state index contributed by atoms with van der Waals surface area (Å²) in [6, 6.07) is 11.0. The molecule has 1 aromatic carbocycles. The molecule has 1 heterocycles. The Morgan fingerprint density at radius 2 is 2.05 bits per heavy atom. The highest BCUT2D eigenvalue weighted by molar-refractivity contribution is 7.15. The molecule has 1 aliphatic rings. The first-order chi connectivity index (χ1) is 9.36. The van der Waals surface area contributed by atoms with Crippen molar-refractivity contribution in [1.29, 1.82) is 0 Å². The van der Waals surface area contributed by atoms with Crippen LogP contribution in [0, 0.1) is 0 Å². The lowest BCUT2D eigenvalue weighted by Crippen LogP contribution is -2.28. The first-order valence-electron chi connectivity index (χ1n) is 6.72. The average molecular weight is 274 g/mol. The maximum atomic E-state index is 9.12. The third kappa shape index (κ3) is 3.21. The fourth-order valence-corrected chi connectivity index (χ4v) is 3.20. The van der Waals surface area contributed by atoms with Gasteiger partial charge in [0.25, 0.3) is 0 Å². The second-order valence-corrected chi connectivity index (χ2v) is 6.02. The largest absolute Gasteiger partial charge is 0.395 e. The number of thiazole rings is 1. The summed E-state index contributed by atoms with van der Waals surface area (Å²) in [5.41, 5.74) is 1.23. The number of aliphatic hydroxyl groups excluding tert-OH is 1. The molecule has 3 nitrogen and oxygen atoms in total. The van der Waals surface area contributed by atoms with Crippen molar-refractivity contribution in [3.8, 4) is 10.4 Å². The Labute approximate surface area is 117 Å². The molecule has 1 fully saturated rings. The number of aliphatic hydroxyl groups is 1. The molecule has 1 N–H and O–H groups in total. The molecule has 1 saturated carbocycles. The Morgan fingerprint density at radius 1 is 1.26 bits per heavy atom. The third-order valence-electron chi connectivity index (χ3n) is 3.40. The minimum atomic E-state index is 0.230. The zero-order valence-electron chi connectivity index (χ0n) is 10.8. The van der Waals surface area contributed by atoms with E-state index in [0.717, 1.165) is 18.1 Å². The first kappa shape index (κ1) is 12.8. The van der Waals surface area contributed by atoms with Gasteiger partial charge in [0.05, 0.1) is 18.0 Å². The van der Waals surface area contributed by atoms with Gasteiger partial charge in [0.15, 0.2) is 0 Å². The first-order valence-corrected chi connectivity index (χ1v) is 7.53. The molecule has 4 heteroatoms. The highest BCUT2D eigenvalue weighted by Gasteiger charge is 2.29. The van der Waals surface area contributed by atoms with Gasteiger partial charge in [-0.3, -0.25) is 4.90 Å². The smallest absolute Gasteiger partial charge is 0.107 e. The van der Waals surface area contributed by atoms with Gasteiger partial charge in [0, 0.05) is 18.8 Å². The fourth-order valence-electron chi connectivity index (χ4n) is 2.25. The van der Waals surface area contributed by atoms with Crippen molar-refractivity contribution in [1.82, 2.24) is 9.88 Å². The van der Waals surface area contributed by atoms with Crippen LogP contribution in [0.15, 0.2) is 36.5 Å². The van der Waals surface area contributed by atoms with E-state index in [-0.39, 0.29) is 6.61 Å². The molecule has 100 valence electrons. The van der Waals surface area contributed by atoms with E-state index in [1.165, 1.54) is 23.3 Å². The van der Waals surface area contributed by atoms with E-state index in [1.807, 2.05) is 12.3 Å². The molecule has 0 bridgehead atoms. The van der Waals surface area contributed by atoms with Gasteiger partial charge in [-0.15, -0.1) is 11.3 Å². The summed E-state index contributed by atoms with van der Waals surface area (Å²) in [6.07, 6.45) is 4.48. The van der Waals surface area contributed by atoms with Crippen molar-refractivity contribution in [2.75, 3.05) is 13.2 Å². The monoisotopic (exact) mass is 274 g/mol. The summed E-state index contributed by atoms with van der Waals surface area (Å²) in [5.74, 6) is 0. The van der Waals surface area contributed by atoms with E-state index in [4.69, 9.17) is 5.11 Å². The predicted octanol–water partition coefficient (Wildman–Crippen LogP) is 2.77. The molecule has 19 heavy (non-hydrogen) atoms. The number of benzene rings is 1. The Kier molecular flexibility index (Phi) is 3.92. The lowest BCUT2D eigenvalue weighted by molar-refractivity contribution is 0.183. The van der Waals surface area contributed by atoms with Crippen LogP contribution in [0.2, 0.25) is 0 Å². The van der Waals surface area contributed by atoms with Gasteiger partial charge in [0.2, 0.25) is 0 Å². The fraction of sp³-hybridized carbons (Fsp3) is 0.400. The van der Waals surface area contributed by atoms with Crippen molar-refractivity contribution in [3.63, 3.8) is 0 Å². The molecule has 1 aliphatic carbocycles. The van der Waals surface area contributed by atoms with E-state index < -0.39 is 0 Å². The van der Waals surface area contributed by atoms with Crippen LogP contribution in [0.3, 0.4) is 0 Å². The van der Waals surface area contributed by atoms with Gasteiger partial charge >= 0.3 is 0 Å². The quantitative estimate of drug-likeness (QED) is 0.880. The van der Waals surface area contributed by atoms with E-state index in [2.05, 4.69) is 34.1 Å². The Morgan fingerprint density at radius 3 is 2.74 bits per heavy atom. The van der Waals surface area contributed by atoms with Crippen LogP contribution in [0.4, 0.5) is 0 Å². The molecule has 3 rings (SSSR count). The normalized spacial score (nSPS) is 15.1. The second kappa shape index (κ2) is 5.82. The predicted molar refractivity (Wildman–Crippen MR) is 78.1 cm³/mol. The number of hydrogen-bond acceptors (Lipinski definition) is 4. The lowest BCUT2D eigenvalue weighted by Gasteiger charge is -2.18. The lowest BCUT2D eigenvalue weighted by atomic mass is 10.2. The third-order valence-corrected chi connectivity index (χ3v) is 4.43. The van der Waals surface area contributed by atoms with Gasteiger partial charge in [0.1, 0.15) is 5.01 Å². The van der Waals surface area contributed by atoms with E-state index >= 15 is 0 Å². The van der Waals surface area contributed by atoms with Crippen LogP contribution in [-0.2, 0) is 6.54 Å². The minimum absolute atomic E-state index is 0.230. The molecule has 0 atom stereocenters. The summed E-state index contributed by atoms with van der Waals surface area (Å²) in [4.78, 5) is 8.08. The number of aromatic nitrogens is 1. The van der Waals surface area contributed by atoms with E-state index in [9.17, 15) is 0 Å². The molecular weight excluding hydrogens is 256 g/mol. The summed E-state index contributed by atoms with van der Waals surface area (Å²) in [7, 11) is 0. The molecule has 1 aromatic heterocycles. The van der Waals surface area contributed by atoms with E-state index in [1.54, 1.807) is 11.3 Å². The van der Waals surface area contributed by atoms with Crippen LogP contribution in [0.25, 0.3) is 10.4 Å². The van der Waals surface area contributed by atoms with Crippen LogP contribution in [0.1, 0.15) is 17.8 Å². The van der Waals surface area contributed by atoms with Crippen LogP contribution < -0.4 is 0 Å². The van der Waals surface area contributed by atoms with Gasteiger partial charge in [-0.05, 0) is 18.4 Å². The van der Waals surface area contributed by atoms with Crippen molar-refractivity contribution >= 4 is 11.3 Å². The Bertz CT molecular complexity index is 522. The van der Waals surface area contributed by atoms with Crippen LogP contribution in [0.5, 0.6) is 0 Å². The molecule has 0 spiro atoms. The zero-order valence-corrected chi connectivity index (χ0v) is 11.6. The minimum Gasteiger partial charge on any atom is -0.395 e. The van der Waals surface area contributed by atoms with Crippen molar-refractivity contribution in [3.05, 3.63) is 41.5 Å². The highest BCUT2D eigenvalue weighted by atomic mass is 32.1. The van der Waals surface area contributed by atoms with Crippen LogP contribution >= 0.6 is 11.3 Å². The highest BCUT2D eigenvalue weighted by Crippen LogP contribution is 2.31. The van der Waals surface area contributed by atoms with Crippen molar-refractivity contribution in [2.45, 2.75) is 25.4 Å². The molecule has 2 aromatic rings. The summed E-state index contributed by atoms with van der Waals surface area (Å²) < 4.78 is 0. The Hall–Kier alpha value is -1.23. The number of rotatable bonds is 6. The maximum absolute atomic E-state index is 9.12. The van der Waals surface area contributed by atoms with Crippen LogP contribution in [-0.4, -0.2) is 34.2 Å². The molecule has 0 radical (unpaired) electrons. The molecule has 0 unspecified atom stereocenters. The van der Waals surface area contributed by atoms with Crippen molar-refractivity contribution < 1.29 is 5.11 Å². The van der Waals surface area contributed by atoms with Gasteiger partial charge in [-0.2, -0.15) is 0 Å². The Balaban J connectivity index is 1.70. The summed E-state index contributed by atoms with van der Waals surface area (Å²) in [6.45, 7) is 1.85. The topological polar surface area (TPSA) is 36.4 Å². The van der Waals surface area contributed by atoms with Gasteiger partial charge in [-0.1, -0.05) is 30.3 Å². The van der Waals surface area contributed by atoms with E-state index in [0.29, 0.717) is 6.04 Å². The number of hydrogen-bond donors (Lipinski definition) is 1. The molecular formula is C15H18N2OS. The number of nitrogens with zero attached hydrogens (tertiary/aromatic N) is 2. The SMILES string of the molecule is OCCN(Cc1ncc(-c2ccccc2)s1)C1CC1. The van der Waals surface area contributed by atoms with Gasteiger partial charge < -0.3 is 5.11 Å². The summed E-state index contributed by atoms with van der Waals surface area (Å²) in [5, 5.41) is 10.3. The standard InChI is InChI=1S/C15H18N2OS/c18-9-8-17(13-6-7-13)11-15-16-10-14(19-15)12-4-2-1-3-5-12/h1-5,10,13,18H,6-9,11H2. The molecule has 0 aliphatic heterocycles. The molecule has 0 saturated heterocycles. The summed E-state index contributed by atoms with van der Waals surface area (Å²) >= 11 is 1.75.